The highest BCUT2D eigenvalue weighted by Crippen LogP contribution is 2.39. The normalized spacial score (nSPS) is 10.9. The third-order valence-corrected chi connectivity index (χ3v) is 3.95. The van der Waals surface area contributed by atoms with Crippen LogP contribution in [-0.2, 0) is 6.54 Å². The lowest BCUT2D eigenvalue weighted by Crippen LogP contribution is -2.07. The van der Waals surface area contributed by atoms with Gasteiger partial charge >= 0.3 is 0 Å². The van der Waals surface area contributed by atoms with Gasteiger partial charge in [-0.15, -0.1) is 4.91 Å². The summed E-state index contributed by atoms with van der Waals surface area (Å²) in [4.78, 5) is 11.0. The van der Waals surface area contributed by atoms with Gasteiger partial charge in [-0.2, -0.15) is 0 Å². The van der Waals surface area contributed by atoms with Crippen LogP contribution in [0.25, 0.3) is 10.9 Å². The van der Waals surface area contributed by atoms with Crippen molar-refractivity contribution >= 4 is 39.8 Å². The first kappa shape index (κ1) is 15.6. The molecule has 0 aliphatic rings. The maximum Gasteiger partial charge on any atom is 0.222 e. The zero-order chi connectivity index (χ0) is 16.4. The van der Waals surface area contributed by atoms with E-state index >= 15 is 0 Å². The number of fused-ring (bicyclic) bond motifs is 1. The number of ether oxygens (including phenoxy) is 1. The highest BCUT2D eigenvalue weighted by atomic mass is 35.5. The van der Waals surface area contributed by atoms with Crippen LogP contribution in [0.2, 0.25) is 10.0 Å². The third kappa shape index (κ3) is 3.11. The second kappa shape index (κ2) is 6.48. The van der Waals surface area contributed by atoms with E-state index in [0.29, 0.717) is 39.8 Å². The van der Waals surface area contributed by atoms with E-state index in [9.17, 15) is 10.0 Å². The Morgan fingerprint density at radius 2 is 1.78 bits per heavy atom. The summed E-state index contributed by atoms with van der Waals surface area (Å²) in [5, 5.41) is 14.8. The first-order chi connectivity index (χ1) is 11.1. The van der Waals surface area contributed by atoms with Gasteiger partial charge in [0.1, 0.15) is 12.4 Å². The van der Waals surface area contributed by atoms with Crippen molar-refractivity contribution in [3.05, 3.63) is 57.4 Å². The van der Waals surface area contributed by atoms with E-state index in [1.807, 2.05) is 0 Å². The number of hydrogen-bond acceptors (Lipinski definition) is 4. The first-order valence-electron chi connectivity index (χ1n) is 6.82. The van der Waals surface area contributed by atoms with Crippen molar-refractivity contribution in [1.82, 2.24) is 4.57 Å². The molecule has 23 heavy (non-hydrogen) atoms. The standard InChI is InChI=1S/C16H12Cl2N2O3/c17-10-1-4-12(5-2-10)23-8-7-20-14-9-11(18)3-6-13(14)15(19-22)16(20)21/h1-6,9,21H,7-8H2. The molecule has 2 aromatic carbocycles. The van der Waals surface area contributed by atoms with Crippen molar-refractivity contribution in [2.75, 3.05) is 6.61 Å². The molecule has 0 amide bonds. The summed E-state index contributed by atoms with van der Waals surface area (Å²) < 4.78 is 7.16. The molecule has 0 radical (unpaired) electrons. The van der Waals surface area contributed by atoms with Gasteiger partial charge in [-0.1, -0.05) is 23.2 Å². The van der Waals surface area contributed by atoms with Crippen LogP contribution < -0.4 is 4.74 Å². The summed E-state index contributed by atoms with van der Waals surface area (Å²) in [6.07, 6.45) is 0. The van der Waals surface area contributed by atoms with Gasteiger partial charge in [-0.25, -0.2) is 0 Å². The van der Waals surface area contributed by atoms with Gasteiger partial charge in [0.05, 0.1) is 12.1 Å². The zero-order valence-electron chi connectivity index (χ0n) is 11.9. The van der Waals surface area contributed by atoms with Crippen LogP contribution in [0.4, 0.5) is 5.69 Å². The molecule has 0 saturated heterocycles. The Balaban J connectivity index is 1.84. The molecular formula is C16H12Cl2N2O3. The lowest BCUT2D eigenvalue weighted by atomic mass is 10.2. The van der Waals surface area contributed by atoms with Crippen LogP contribution in [0.15, 0.2) is 47.6 Å². The molecule has 1 heterocycles. The molecule has 0 atom stereocenters. The van der Waals surface area contributed by atoms with Crippen LogP contribution in [0, 0.1) is 4.91 Å². The molecule has 3 aromatic rings. The number of hydrogen-bond donors (Lipinski definition) is 1. The van der Waals surface area contributed by atoms with E-state index in [2.05, 4.69) is 5.18 Å². The number of halogens is 2. The average molecular weight is 351 g/mol. The maximum absolute atomic E-state index is 11.0. The average Bonchev–Trinajstić information content (AvgIpc) is 2.80. The lowest BCUT2D eigenvalue weighted by molar-refractivity contribution is 0.290. The molecule has 5 nitrogen and oxygen atoms in total. The fourth-order valence-electron chi connectivity index (χ4n) is 2.39. The smallest absolute Gasteiger partial charge is 0.222 e. The Bertz CT molecular complexity index is 860. The minimum absolute atomic E-state index is 0.00293. The fourth-order valence-corrected chi connectivity index (χ4v) is 2.69. The van der Waals surface area contributed by atoms with Crippen molar-refractivity contribution in [2.24, 2.45) is 5.18 Å². The largest absolute Gasteiger partial charge is 0.493 e. The number of aromatic nitrogens is 1. The highest BCUT2D eigenvalue weighted by molar-refractivity contribution is 6.31. The Morgan fingerprint density at radius 1 is 1.09 bits per heavy atom. The number of rotatable bonds is 5. The van der Waals surface area contributed by atoms with Gasteiger partial charge in [0.2, 0.25) is 5.88 Å². The molecule has 118 valence electrons. The predicted octanol–water partition coefficient (Wildman–Crippen LogP) is 5.13. The molecule has 1 aromatic heterocycles. The van der Waals surface area contributed by atoms with E-state index < -0.39 is 0 Å². The number of nitrogens with zero attached hydrogens (tertiary/aromatic N) is 2. The van der Waals surface area contributed by atoms with Gasteiger partial charge in [0.15, 0.2) is 5.69 Å². The van der Waals surface area contributed by atoms with E-state index in [4.69, 9.17) is 27.9 Å². The van der Waals surface area contributed by atoms with Gasteiger partial charge in [0.25, 0.3) is 0 Å². The summed E-state index contributed by atoms with van der Waals surface area (Å²) in [5.41, 5.74) is 0.632. The van der Waals surface area contributed by atoms with Crippen LogP contribution >= 0.6 is 23.2 Å². The number of nitroso groups, excluding NO2 is 1. The molecule has 0 spiro atoms. The van der Waals surface area contributed by atoms with E-state index in [1.54, 1.807) is 47.0 Å². The van der Waals surface area contributed by atoms with Crippen molar-refractivity contribution in [3.8, 4) is 11.6 Å². The van der Waals surface area contributed by atoms with Crippen molar-refractivity contribution in [1.29, 1.82) is 0 Å². The summed E-state index contributed by atoms with van der Waals surface area (Å²) in [6, 6.07) is 11.9. The maximum atomic E-state index is 11.0. The Labute approximate surface area is 142 Å². The molecule has 3 rings (SSSR count). The van der Waals surface area contributed by atoms with Crippen molar-refractivity contribution in [2.45, 2.75) is 6.54 Å². The van der Waals surface area contributed by atoms with Gasteiger partial charge in [0, 0.05) is 15.4 Å². The Hall–Kier alpha value is -2.24. The monoisotopic (exact) mass is 350 g/mol. The van der Waals surface area contributed by atoms with E-state index in [0.717, 1.165) is 0 Å². The number of benzene rings is 2. The van der Waals surface area contributed by atoms with Crippen LogP contribution in [0.5, 0.6) is 11.6 Å². The third-order valence-electron chi connectivity index (χ3n) is 3.46. The molecule has 0 unspecified atom stereocenters. The van der Waals surface area contributed by atoms with Gasteiger partial charge < -0.3 is 14.4 Å². The summed E-state index contributed by atoms with van der Waals surface area (Å²) in [5.74, 6) is 0.467. The summed E-state index contributed by atoms with van der Waals surface area (Å²) >= 11 is 11.8. The van der Waals surface area contributed by atoms with Crippen LogP contribution in [0.3, 0.4) is 0 Å². The first-order valence-corrected chi connectivity index (χ1v) is 7.58. The second-order valence-corrected chi connectivity index (χ2v) is 5.75. The highest BCUT2D eigenvalue weighted by Gasteiger charge is 2.17. The van der Waals surface area contributed by atoms with Gasteiger partial charge in [-0.3, -0.25) is 0 Å². The summed E-state index contributed by atoms with van der Waals surface area (Å²) in [6.45, 7) is 0.630. The molecule has 0 aliphatic heterocycles. The minimum atomic E-state index is -0.197. The zero-order valence-corrected chi connectivity index (χ0v) is 13.4. The Kier molecular flexibility index (Phi) is 4.41. The number of aromatic hydroxyl groups is 1. The van der Waals surface area contributed by atoms with Crippen LogP contribution in [0.1, 0.15) is 0 Å². The van der Waals surface area contributed by atoms with Gasteiger partial charge in [-0.05, 0) is 47.6 Å². The second-order valence-electron chi connectivity index (χ2n) is 4.88. The Morgan fingerprint density at radius 3 is 2.48 bits per heavy atom. The topological polar surface area (TPSA) is 63.8 Å². The van der Waals surface area contributed by atoms with Crippen molar-refractivity contribution in [3.63, 3.8) is 0 Å². The summed E-state index contributed by atoms with van der Waals surface area (Å²) in [7, 11) is 0. The lowest BCUT2D eigenvalue weighted by Gasteiger charge is -2.09. The predicted molar refractivity (Wildman–Crippen MR) is 91.0 cm³/mol. The van der Waals surface area contributed by atoms with Crippen molar-refractivity contribution < 1.29 is 9.84 Å². The fraction of sp³-hybridized carbons (Fsp3) is 0.125. The molecular weight excluding hydrogens is 339 g/mol. The molecule has 1 N–H and O–H groups in total. The quantitative estimate of drug-likeness (QED) is 0.648. The molecule has 0 bridgehead atoms. The van der Waals surface area contributed by atoms with E-state index in [1.165, 1.54) is 0 Å². The van der Waals surface area contributed by atoms with Crippen LogP contribution in [-0.4, -0.2) is 16.3 Å². The SMILES string of the molecule is O=Nc1c(O)n(CCOc2ccc(Cl)cc2)c2cc(Cl)ccc12. The van der Waals surface area contributed by atoms with E-state index in [-0.39, 0.29) is 11.6 Å². The molecule has 0 fully saturated rings. The molecule has 7 heteroatoms. The minimum Gasteiger partial charge on any atom is -0.493 e. The molecule has 0 saturated carbocycles. The molecule has 0 aliphatic carbocycles.